The molecule has 0 amide bonds. The predicted octanol–water partition coefficient (Wildman–Crippen LogP) is 0.260. The first-order valence-electron chi connectivity index (χ1n) is 5.47. The third-order valence-corrected chi connectivity index (χ3v) is 2.68. The molecular formula is C12H13FO5. The lowest BCUT2D eigenvalue weighted by molar-refractivity contribution is -0.133. The van der Waals surface area contributed by atoms with E-state index in [-0.39, 0.29) is 6.61 Å². The van der Waals surface area contributed by atoms with Crippen LogP contribution in [0.3, 0.4) is 0 Å². The molecule has 6 heteroatoms. The maximum Gasteiger partial charge on any atom is 0.338 e. The molecular weight excluding hydrogens is 243 g/mol. The monoisotopic (exact) mass is 256 g/mol. The second-order valence-corrected chi connectivity index (χ2v) is 3.96. The summed E-state index contributed by atoms with van der Waals surface area (Å²) >= 11 is 0. The Morgan fingerprint density at radius 2 is 2.00 bits per heavy atom. The molecule has 18 heavy (non-hydrogen) atoms. The quantitative estimate of drug-likeness (QED) is 0.759. The summed E-state index contributed by atoms with van der Waals surface area (Å²) in [7, 11) is 0. The average Bonchev–Trinajstić information content (AvgIpc) is 2.64. The van der Waals surface area contributed by atoms with Crippen molar-refractivity contribution in [2.75, 3.05) is 6.61 Å². The maximum absolute atomic E-state index is 13.4. The molecule has 1 aliphatic rings. The fourth-order valence-electron chi connectivity index (χ4n) is 1.66. The number of esters is 1. The van der Waals surface area contributed by atoms with Crippen molar-refractivity contribution in [2.24, 2.45) is 0 Å². The number of hydrogen-bond donors (Lipinski definition) is 2. The Labute approximate surface area is 103 Å². The van der Waals surface area contributed by atoms with Crippen LogP contribution in [-0.4, -0.2) is 47.5 Å². The smallest absolute Gasteiger partial charge is 0.338 e. The highest BCUT2D eigenvalue weighted by Crippen LogP contribution is 2.22. The van der Waals surface area contributed by atoms with Gasteiger partial charge in [0, 0.05) is 0 Å². The van der Waals surface area contributed by atoms with Crippen molar-refractivity contribution in [1.82, 2.24) is 0 Å². The normalized spacial score (nSPS) is 31.3. The number of hydrogen-bond acceptors (Lipinski definition) is 5. The molecule has 5 nitrogen and oxygen atoms in total. The van der Waals surface area contributed by atoms with Crippen molar-refractivity contribution in [2.45, 2.75) is 24.7 Å². The zero-order valence-electron chi connectivity index (χ0n) is 9.40. The number of halogens is 1. The number of ether oxygens (including phenoxy) is 2. The lowest BCUT2D eigenvalue weighted by Gasteiger charge is -2.12. The summed E-state index contributed by atoms with van der Waals surface area (Å²) in [5.74, 6) is -0.609. The number of carbonyl (C=O) groups is 1. The topological polar surface area (TPSA) is 76.0 Å². The molecule has 2 rings (SSSR count). The van der Waals surface area contributed by atoms with E-state index in [1.165, 1.54) is 0 Å². The van der Waals surface area contributed by atoms with Crippen molar-refractivity contribution < 1.29 is 28.9 Å². The van der Waals surface area contributed by atoms with E-state index in [0.717, 1.165) is 0 Å². The van der Waals surface area contributed by atoms with Gasteiger partial charge in [-0.05, 0) is 12.1 Å². The number of aliphatic hydroxyl groups excluding tert-OH is 2. The van der Waals surface area contributed by atoms with E-state index in [1.54, 1.807) is 30.3 Å². The zero-order chi connectivity index (χ0) is 13.1. The van der Waals surface area contributed by atoms with Gasteiger partial charge in [0.25, 0.3) is 0 Å². The first-order chi connectivity index (χ1) is 8.59. The van der Waals surface area contributed by atoms with Gasteiger partial charge in [0.05, 0.1) is 5.56 Å². The van der Waals surface area contributed by atoms with Crippen LogP contribution in [0.2, 0.25) is 0 Å². The van der Waals surface area contributed by atoms with Gasteiger partial charge in [0.2, 0.25) is 0 Å². The van der Waals surface area contributed by atoms with E-state index < -0.39 is 30.6 Å². The van der Waals surface area contributed by atoms with Gasteiger partial charge in [-0.15, -0.1) is 0 Å². The van der Waals surface area contributed by atoms with Crippen LogP contribution in [0.1, 0.15) is 10.4 Å². The molecule has 98 valence electrons. The molecule has 0 aliphatic carbocycles. The highest BCUT2D eigenvalue weighted by Gasteiger charge is 2.43. The Bertz CT molecular complexity index is 410. The fourth-order valence-corrected chi connectivity index (χ4v) is 1.66. The van der Waals surface area contributed by atoms with Gasteiger partial charge in [-0.25, -0.2) is 9.18 Å². The molecule has 0 radical (unpaired) electrons. The maximum atomic E-state index is 13.4. The number of aliphatic hydroxyl groups is 2. The second kappa shape index (κ2) is 5.43. The van der Waals surface area contributed by atoms with E-state index in [0.29, 0.717) is 5.56 Å². The van der Waals surface area contributed by atoms with E-state index in [1.807, 2.05) is 0 Å². The van der Waals surface area contributed by atoms with Gasteiger partial charge in [0.15, 0.2) is 12.5 Å². The molecule has 0 bridgehead atoms. The summed E-state index contributed by atoms with van der Waals surface area (Å²) in [6.07, 6.45) is -6.11. The third-order valence-electron chi connectivity index (χ3n) is 2.68. The minimum Gasteiger partial charge on any atom is -0.459 e. The van der Waals surface area contributed by atoms with Crippen LogP contribution in [0.15, 0.2) is 30.3 Å². The minimum atomic E-state index is -1.77. The van der Waals surface area contributed by atoms with Gasteiger partial charge in [-0.2, -0.15) is 0 Å². The molecule has 1 saturated heterocycles. The molecule has 1 heterocycles. The predicted molar refractivity (Wildman–Crippen MR) is 58.5 cm³/mol. The molecule has 1 aliphatic heterocycles. The van der Waals surface area contributed by atoms with Crippen LogP contribution in [0.5, 0.6) is 0 Å². The number of benzene rings is 1. The largest absolute Gasteiger partial charge is 0.459 e. The van der Waals surface area contributed by atoms with Gasteiger partial charge in [0.1, 0.15) is 18.8 Å². The van der Waals surface area contributed by atoms with Crippen molar-refractivity contribution in [3.63, 3.8) is 0 Å². The molecule has 1 fully saturated rings. The Kier molecular flexibility index (Phi) is 3.90. The van der Waals surface area contributed by atoms with Crippen LogP contribution in [0.25, 0.3) is 0 Å². The Morgan fingerprint density at radius 3 is 2.56 bits per heavy atom. The Hall–Kier alpha value is -1.50. The highest BCUT2D eigenvalue weighted by molar-refractivity contribution is 5.89. The molecule has 2 N–H and O–H groups in total. The fraction of sp³-hybridized carbons (Fsp3) is 0.417. The zero-order valence-corrected chi connectivity index (χ0v) is 9.40. The Balaban J connectivity index is 1.88. The van der Waals surface area contributed by atoms with Crippen molar-refractivity contribution in [1.29, 1.82) is 0 Å². The summed E-state index contributed by atoms with van der Waals surface area (Å²) in [5, 5.41) is 18.2. The highest BCUT2D eigenvalue weighted by atomic mass is 19.1. The summed E-state index contributed by atoms with van der Waals surface area (Å²) in [5.41, 5.74) is 0.340. The number of alkyl halides is 1. The van der Waals surface area contributed by atoms with Crippen LogP contribution < -0.4 is 0 Å². The molecule has 4 atom stereocenters. The van der Waals surface area contributed by atoms with Crippen LogP contribution in [-0.2, 0) is 9.47 Å². The van der Waals surface area contributed by atoms with Crippen LogP contribution >= 0.6 is 0 Å². The molecule has 0 saturated carbocycles. The summed E-state index contributed by atoms with van der Waals surface area (Å²) in [6, 6.07) is 8.23. The molecule has 1 aromatic rings. The van der Waals surface area contributed by atoms with Crippen LogP contribution in [0, 0.1) is 0 Å². The number of rotatable bonds is 3. The second-order valence-electron chi connectivity index (χ2n) is 3.96. The first-order valence-corrected chi connectivity index (χ1v) is 5.47. The van der Waals surface area contributed by atoms with E-state index in [2.05, 4.69) is 0 Å². The summed E-state index contributed by atoms with van der Waals surface area (Å²) in [4.78, 5) is 11.5. The van der Waals surface area contributed by atoms with Gasteiger partial charge < -0.3 is 19.7 Å². The van der Waals surface area contributed by atoms with E-state index in [9.17, 15) is 9.18 Å². The van der Waals surface area contributed by atoms with E-state index in [4.69, 9.17) is 19.7 Å². The van der Waals surface area contributed by atoms with Gasteiger partial charge in [-0.3, -0.25) is 0 Å². The SMILES string of the molecule is O=C(OC[C@H]1O[C@H](O)[C@@H](O)C1F)c1ccccc1. The van der Waals surface area contributed by atoms with Gasteiger partial charge >= 0.3 is 5.97 Å². The lowest BCUT2D eigenvalue weighted by Crippen LogP contribution is -2.31. The number of carbonyl (C=O) groups excluding carboxylic acids is 1. The summed E-state index contributed by atoms with van der Waals surface area (Å²) < 4.78 is 22.9. The van der Waals surface area contributed by atoms with Crippen molar-refractivity contribution in [3.05, 3.63) is 35.9 Å². The molecule has 0 spiro atoms. The van der Waals surface area contributed by atoms with Crippen molar-refractivity contribution in [3.8, 4) is 0 Å². The molecule has 1 unspecified atom stereocenters. The minimum absolute atomic E-state index is 0.340. The first kappa shape index (κ1) is 12.9. The third kappa shape index (κ3) is 2.66. The lowest BCUT2D eigenvalue weighted by atomic mass is 10.2. The van der Waals surface area contributed by atoms with Crippen LogP contribution in [0.4, 0.5) is 4.39 Å². The molecule has 1 aromatic carbocycles. The Morgan fingerprint density at radius 1 is 1.33 bits per heavy atom. The van der Waals surface area contributed by atoms with E-state index >= 15 is 0 Å². The average molecular weight is 256 g/mol. The van der Waals surface area contributed by atoms with Crippen molar-refractivity contribution >= 4 is 5.97 Å². The molecule has 0 aromatic heterocycles. The van der Waals surface area contributed by atoms with Gasteiger partial charge in [-0.1, -0.05) is 18.2 Å². The standard InChI is InChI=1S/C12H13FO5/c13-9-8(18-12(16)10(9)14)6-17-11(15)7-4-2-1-3-5-7/h1-5,8-10,12,14,16H,6H2/t8-,9?,10+,12+/m1/s1. The summed E-state index contributed by atoms with van der Waals surface area (Å²) in [6.45, 7) is -0.358.